The highest BCUT2D eigenvalue weighted by atomic mass is 16.1. The molecule has 0 atom stereocenters. The summed E-state index contributed by atoms with van der Waals surface area (Å²) in [7, 11) is 0. The van der Waals surface area contributed by atoms with E-state index >= 15 is 0 Å². The van der Waals surface area contributed by atoms with Crippen LogP contribution in [-0.4, -0.2) is 19.7 Å². The molecule has 0 aliphatic rings. The lowest BCUT2D eigenvalue weighted by molar-refractivity contribution is 0.478. The van der Waals surface area contributed by atoms with Gasteiger partial charge in [-0.1, -0.05) is 38.8 Å². The van der Waals surface area contributed by atoms with Gasteiger partial charge in [0.2, 0.25) is 0 Å². The van der Waals surface area contributed by atoms with Crippen LogP contribution in [0.1, 0.15) is 39.4 Å². The molecular weight excluding hydrogens is 252 g/mol. The van der Waals surface area contributed by atoms with E-state index in [-0.39, 0.29) is 5.56 Å². The molecule has 0 aliphatic carbocycles. The minimum atomic E-state index is -0.107. The number of allylic oxidation sites excluding steroid dienone is 1. The number of nitrogens with one attached hydrogen (secondary N) is 1. The average Bonchev–Trinajstić information content (AvgIpc) is 2.79. The van der Waals surface area contributed by atoms with Crippen LogP contribution in [0.25, 0.3) is 11.0 Å². The van der Waals surface area contributed by atoms with E-state index in [2.05, 4.69) is 35.5 Å². The van der Waals surface area contributed by atoms with Gasteiger partial charge in [-0.15, -0.1) is 0 Å². The summed E-state index contributed by atoms with van der Waals surface area (Å²) in [6, 6.07) is 0. The predicted molar refractivity (Wildman–Crippen MR) is 80.7 cm³/mol. The van der Waals surface area contributed by atoms with Crippen LogP contribution in [0.4, 0.5) is 0 Å². The van der Waals surface area contributed by atoms with E-state index in [4.69, 9.17) is 0 Å². The molecule has 0 aliphatic heterocycles. The number of fused-ring (bicyclic) bond motifs is 1. The van der Waals surface area contributed by atoms with Crippen LogP contribution in [0, 0.1) is 5.92 Å². The predicted octanol–water partition coefficient (Wildman–Crippen LogP) is 2.67. The second-order valence-corrected chi connectivity index (χ2v) is 5.40. The Morgan fingerprint density at radius 3 is 2.75 bits per heavy atom. The molecule has 0 saturated heterocycles. The Morgan fingerprint density at radius 2 is 2.15 bits per heavy atom. The topological polar surface area (TPSA) is 63.6 Å². The molecule has 2 rings (SSSR count). The first-order valence-corrected chi connectivity index (χ1v) is 7.14. The minimum Gasteiger partial charge on any atom is -0.310 e. The van der Waals surface area contributed by atoms with Gasteiger partial charge in [0.1, 0.15) is 11.2 Å². The molecule has 0 saturated carbocycles. The smallest absolute Gasteiger partial charge is 0.262 e. The molecule has 20 heavy (non-hydrogen) atoms. The zero-order chi connectivity index (χ0) is 14.7. The first kappa shape index (κ1) is 14.5. The van der Waals surface area contributed by atoms with Crippen molar-refractivity contribution in [3.8, 4) is 0 Å². The number of H-pyrrole nitrogens is 1. The van der Waals surface area contributed by atoms with E-state index in [0.717, 1.165) is 30.7 Å². The quantitative estimate of drug-likeness (QED) is 0.824. The molecule has 0 unspecified atom stereocenters. The Balaban J connectivity index is 2.43. The van der Waals surface area contributed by atoms with Gasteiger partial charge in [0, 0.05) is 6.42 Å². The third kappa shape index (κ3) is 2.98. The summed E-state index contributed by atoms with van der Waals surface area (Å²) < 4.78 is 1.74. The van der Waals surface area contributed by atoms with Crippen LogP contribution in [0.2, 0.25) is 0 Å². The van der Waals surface area contributed by atoms with Gasteiger partial charge in [0.25, 0.3) is 5.56 Å². The molecule has 2 heterocycles. The standard InChI is InChI=1S/C15H22N4O/c1-5-11(6-2)7-13-17-14-12(15(20)18-13)8-16-19(14)9-10(3)4/h8,11H,3,5-7,9H2,1-2,4H3,(H,17,18,20). The van der Waals surface area contributed by atoms with Gasteiger partial charge in [0.15, 0.2) is 5.65 Å². The third-order valence-electron chi connectivity index (χ3n) is 3.61. The summed E-state index contributed by atoms with van der Waals surface area (Å²) in [6.07, 6.45) is 4.55. The number of hydrogen-bond acceptors (Lipinski definition) is 3. The van der Waals surface area contributed by atoms with Gasteiger partial charge in [0.05, 0.1) is 12.7 Å². The van der Waals surface area contributed by atoms with Gasteiger partial charge in [-0.2, -0.15) is 5.10 Å². The van der Waals surface area contributed by atoms with Crippen LogP contribution in [0.3, 0.4) is 0 Å². The highest BCUT2D eigenvalue weighted by Crippen LogP contribution is 2.14. The van der Waals surface area contributed by atoms with E-state index < -0.39 is 0 Å². The molecule has 5 nitrogen and oxygen atoms in total. The number of aromatic nitrogens is 4. The van der Waals surface area contributed by atoms with Crippen molar-refractivity contribution in [1.82, 2.24) is 19.7 Å². The van der Waals surface area contributed by atoms with Gasteiger partial charge >= 0.3 is 0 Å². The number of aromatic amines is 1. The maximum Gasteiger partial charge on any atom is 0.262 e. The Hall–Kier alpha value is -1.91. The van der Waals surface area contributed by atoms with Crippen molar-refractivity contribution in [2.24, 2.45) is 5.92 Å². The lowest BCUT2D eigenvalue weighted by Gasteiger charge is -2.11. The molecule has 1 N–H and O–H groups in total. The van der Waals surface area contributed by atoms with E-state index in [0.29, 0.717) is 23.5 Å². The normalized spacial score (nSPS) is 11.4. The fourth-order valence-electron chi connectivity index (χ4n) is 2.33. The summed E-state index contributed by atoms with van der Waals surface area (Å²) in [6.45, 7) is 10.7. The molecule has 0 spiro atoms. The summed E-state index contributed by atoms with van der Waals surface area (Å²) in [5, 5.41) is 4.77. The maximum absolute atomic E-state index is 12.1. The minimum absolute atomic E-state index is 0.107. The van der Waals surface area contributed by atoms with Crippen molar-refractivity contribution < 1.29 is 0 Å². The fraction of sp³-hybridized carbons (Fsp3) is 0.533. The highest BCUT2D eigenvalue weighted by molar-refractivity contribution is 5.73. The van der Waals surface area contributed by atoms with Gasteiger partial charge in [-0.25, -0.2) is 9.67 Å². The molecule has 0 bridgehead atoms. The largest absolute Gasteiger partial charge is 0.310 e. The molecule has 0 amide bonds. The van der Waals surface area contributed by atoms with Crippen LogP contribution >= 0.6 is 0 Å². The van der Waals surface area contributed by atoms with Crippen LogP contribution in [-0.2, 0) is 13.0 Å². The number of rotatable bonds is 6. The fourth-order valence-corrected chi connectivity index (χ4v) is 2.33. The first-order chi connectivity index (χ1) is 9.55. The zero-order valence-corrected chi connectivity index (χ0v) is 12.4. The lowest BCUT2D eigenvalue weighted by Crippen LogP contribution is -2.15. The monoisotopic (exact) mass is 274 g/mol. The summed E-state index contributed by atoms with van der Waals surface area (Å²) in [5.74, 6) is 1.30. The summed E-state index contributed by atoms with van der Waals surface area (Å²) >= 11 is 0. The molecule has 2 aromatic rings. The third-order valence-corrected chi connectivity index (χ3v) is 3.61. The number of nitrogens with zero attached hydrogens (tertiary/aromatic N) is 3. The maximum atomic E-state index is 12.1. The second kappa shape index (κ2) is 6.03. The average molecular weight is 274 g/mol. The van der Waals surface area contributed by atoms with Gasteiger partial charge < -0.3 is 4.98 Å². The lowest BCUT2D eigenvalue weighted by atomic mass is 9.99. The van der Waals surface area contributed by atoms with Crippen molar-refractivity contribution in [3.63, 3.8) is 0 Å². The van der Waals surface area contributed by atoms with Crippen molar-refractivity contribution in [1.29, 1.82) is 0 Å². The van der Waals surface area contributed by atoms with Crippen molar-refractivity contribution in [3.05, 3.63) is 34.5 Å². The van der Waals surface area contributed by atoms with Crippen molar-refractivity contribution >= 4 is 11.0 Å². The molecule has 0 aromatic carbocycles. The highest BCUT2D eigenvalue weighted by Gasteiger charge is 2.12. The van der Waals surface area contributed by atoms with Crippen LogP contribution < -0.4 is 5.56 Å². The molecular formula is C15H22N4O. The Morgan fingerprint density at radius 1 is 1.45 bits per heavy atom. The SMILES string of the molecule is C=C(C)Cn1ncc2c(=O)[nH]c(CC(CC)CC)nc21. The molecule has 108 valence electrons. The first-order valence-electron chi connectivity index (χ1n) is 7.14. The van der Waals surface area contributed by atoms with Gasteiger partial charge in [-0.3, -0.25) is 4.79 Å². The Bertz CT molecular complexity index is 664. The number of hydrogen-bond donors (Lipinski definition) is 1. The molecule has 0 fully saturated rings. The van der Waals surface area contributed by atoms with Crippen LogP contribution in [0.15, 0.2) is 23.1 Å². The molecule has 5 heteroatoms. The molecule has 0 radical (unpaired) electrons. The van der Waals surface area contributed by atoms with E-state index in [1.54, 1.807) is 10.9 Å². The summed E-state index contributed by atoms with van der Waals surface area (Å²) in [4.78, 5) is 19.5. The Labute approximate surface area is 118 Å². The van der Waals surface area contributed by atoms with E-state index in [9.17, 15) is 4.79 Å². The van der Waals surface area contributed by atoms with Crippen molar-refractivity contribution in [2.75, 3.05) is 0 Å². The van der Waals surface area contributed by atoms with E-state index in [1.807, 2.05) is 6.92 Å². The van der Waals surface area contributed by atoms with Gasteiger partial charge in [-0.05, 0) is 12.8 Å². The Kier molecular flexibility index (Phi) is 4.37. The molecule has 2 aromatic heterocycles. The second-order valence-electron chi connectivity index (χ2n) is 5.40. The van der Waals surface area contributed by atoms with Crippen molar-refractivity contribution in [2.45, 2.75) is 46.6 Å². The summed E-state index contributed by atoms with van der Waals surface area (Å²) in [5.41, 5.74) is 1.53. The van der Waals surface area contributed by atoms with E-state index in [1.165, 1.54) is 0 Å². The zero-order valence-electron chi connectivity index (χ0n) is 12.4. The van der Waals surface area contributed by atoms with Crippen LogP contribution in [0.5, 0.6) is 0 Å².